The van der Waals surface area contributed by atoms with Crippen molar-refractivity contribution < 1.29 is 14.6 Å². The molecule has 1 aliphatic rings. The van der Waals surface area contributed by atoms with Crippen LogP contribution in [0.1, 0.15) is 0 Å². The summed E-state index contributed by atoms with van der Waals surface area (Å²) in [4.78, 5) is 13.5. The van der Waals surface area contributed by atoms with Gasteiger partial charge >= 0.3 is 5.97 Å². The van der Waals surface area contributed by atoms with Crippen molar-refractivity contribution in [1.29, 1.82) is 0 Å². The fourth-order valence-electron chi connectivity index (χ4n) is 0.506. The fourth-order valence-corrected chi connectivity index (χ4v) is 0.506. The third-order valence-corrected chi connectivity index (χ3v) is 0.857. The molecule has 1 unspecified atom stereocenters. The summed E-state index contributed by atoms with van der Waals surface area (Å²) >= 11 is 0. The number of carboxylic acid groups (broad SMARTS) is 1. The highest BCUT2D eigenvalue weighted by Crippen LogP contribution is 1.97. The van der Waals surface area contributed by atoms with Gasteiger partial charge < -0.3 is 15.6 Å². The van der Waals surface area contributed by atoms with Crippen molar-refractivity contribution in [3.63, 3.8) is 0 Å². The van der Waals surface area contributed by atoms with Crippen molar-refractivity contribution in [1.82, 2.24) is 0 Å². The molecule has 0 fully saturated rings. The number of nitrogens with two attached hydrogens (primary N) is 1. The third kappa shape index (κ3) is 1.17. The lowest BCUT2D eigenvalue weighted by Gasteiger charge is -1.91. The van der Waals surface area contributed by atoms with Crippen LogP contribution in [0.25, 0.3) is 0 Å². The van der Waals surface area contributed by atoms with Crippen molar-refractivity contribution in [2.24, 2.45) is 10.7 Å². The lowest BCUT2D eigenvalue weighted by molar-refractivity contribution is -0.130. The largest absolute Gasteiger partial charge is 0.474 e. The Bertz CT molecular complexity index is 165. The molecule has 50 valence electrons. The Labute approximate surface area is 51.1 Å². The highest BCUT2D eigenvalue weighted by atomic mass is 16.5. The summed E-state index contributed by atoms with van der Waals surface area (Å²) in [6.45, 7) is 0.168. The number of aliphatic carboxylic acids is 1. The van der Waals surface area contributed by atoms with E-state index in [-0.39, 0.29) is 12.5 Å². The van der Waals surface area contributed by atoms with E-state index in [4.69, 9.17) is 10.8 Å². The predicted molar refractivity (Wildman–Crippen MR) is 29.0 cm³/mol. The Balaban J connectivity index is 2.62. The molecule has 1 aliphatic heterocycles. The summed E-state index contributed by atoms with van der Waals surface area (Å²) in [6.07, 6.45) is -0.504. The zero-order valence-corrected chi connectivity index (χ0v) is 4.57. The van der Waals surface area contributed by atoms with Crippen LogP contribution in [0.4, 0.5) is 0 Å². The van der Waals surface area contributed by atoms with Crippen LogP contribution in [0.5, 0.6) is 0 Å². The second kappa shape index (κ2) is 2.02. The number of carbonyl (C=O) groups is 1. The summed E-state index contributed by atoms with van der Waals surface area (Å²) in [5.74, 6) is -1.45. The maximum absolute atomic E-state index is 10.0. The Morgan fingerprint density at radius 1 is 2.00 bits per heavy atom. The first-order chi connectivity index (χ1) is 4.20. The summed E-state index contributed by atoms with van der Waals surface area (Å²) in [7, 11) is 0. The van der Waals surface area contributed by atoms with E-state index in [2.05, 4.69) is 9.73 Å². The molecular formula is C4H6N2O3. The summed E-state index contributed by atoms with van der Waals surface area (Å²) in [6, 6.07) is 0. The molecule has 0 radical (unpaired) electrons. The van der Waals surface area contributed by atoms with Crippen molar-refractivity contribution in [2.75, 3.05) is 6.61 Å². The number of nitrogens with zero attached hydrogens (tertiary/aromatic N) is 1. The number of ether oxygens (including phenoxy) is 1. The topological polar surface area (TPSA) is 84.9 Å². The molecule has 1 heterocycles. The van der Waals surface area contributed by atoms with Gasteiger partial charge in [-0.05, 0) is 0 Å². The molecule has 0 spiro atoms. The van der Waals surface area contributed by atoms with Gasteiger partial charge in [0.05, 0.1) is 0 Å². The van der Waals surface area contributed by atoms with E-state index >= 15 is 0 Å². The van der Waals surface area contributed by atoms with E-state index < -0.39 is 12.1 Å². The first-order valence-corrected chi connectivity index (χ1v) is 2.39. The van der Waals surface area contributed by atoms with Crippen LogP contribution in [-0.2, 0) is 9.53 Å². The number of hydrogen-bond acceptors (Lipinski definition) is 4. The van der Waals surface area contributed by atoms with Gasteiger partial charge in [-0.3, -0.25) is 0 Å². The van der Waals surface area contributed by atoms with Crippen LogP contribution in [0, 0.1) is 0 Å². The molecule has 5 nitrogen and oxygen atoms in total. The van der Waals surface area contributed by atoms with Gasteiger partial charge in [-0.25, -0.2) is 9.79 Å². The second-order valence-corrected chi connectivity index (χ2v) is 1.62. The predicted octanol–water partition coefficient (Wildman–Crippen LogP) is -1.22. The molecule has 0 saturated heterocycles. The third-order valence-electron chi connectivity index (χ3n) is 0.857. The molecular weight excluding hydrogens is 124 g/mol. The minimum absolute atomic E-state index is 0.168. The highest BCUT2D eigenvalue weighted by molar-refractivity contribution is 6.32. The first-order valence-electron chi connectivity index (χ1n) is 2.39. The van der Waals surface area contributed by atoms with Crippen molar-refractivity contribution >= 4 is 11.9 Å². The van der Waals surface area contributed by atoms with E-state index in [0.29, 0.717) is 0 Å². The highest BCUT2D eigenvalue weighted by Gasteiger charge is 2.20. The molecule has 0 aromatic rings. The molecule has 1 rings (SSSR count). The van der Waals surface area contributed by atoms with Crippen molar-refractivity contribution in [3.05, 3.63) is 0 Å². The second-order valence-electron chi connectivity index (χ2n) is 1.62. The van der Waals surface area contributed by atoms with Gasteiger partial charge in [0.15, 0.2) is 0 Å². The maximum atomic E-state index is 10.0. The smallest absolute Gasteiger partial charge is 0.391 e. The molecule has 0 aromatic heterocycles. The van der Waals surface area contributed by atoms with Gasteiger partial charge in [0.25, 0.3) is 5.90 Å². The van der Waals surface area contributed by atoms with Gasteiger partial charge in [-0.15, -0.1) is 0 Å². The molecule has 0 amide bonds. The SMILES string of the molecule is NC1COC(C(=O)O)=N1. The Morgan fingerprint density at radius 2 is 2.67 bits per heavy atom. The molecule has 1 atom stereocenters. The Morgan fingerprint density at radius 3 is 2.89 bits per heavy atom. The summed E-state index contributed by atoms with van der Waals surface area (Å²) in [5, 5.41) is 8.22. The van der Waals surface area contributed by atoms with Gasteiger partial charge in [0.2, 0.25) is 0 Å². The molecule has 5 heteroatoms. The maximum Gasteiger partial charge on any atom is 0.391 e. The zero-order valence-electron chi connectivity index (χ0n) is 4.57. The molecule has 0 aliphatic carbocycles. The van der Waals surface area contributed by atoms with Crippen LogP contribution in [0.3, 0.4) is 0 Å². The van der Waals surface area contributed by atoms with E-state index in [1.807, 2.05) is 0 Å². The molecule has 9 heavy (non-hydrogen) atoms. The number of rotatable bonds is 1. The number of aliphatic imine (C=N–C) groups is 1. The molecule has 3 N–H and O–H groups in total. The molecule has 0 aromatic carbocycles. The Hall–Kier alpha value is -1.10. The lowest BCUT2D eigenvalue weighted by Crippen LogP contribution is -2.17. The molecule has 0 saturated carbocycles. The van der Waals surface area contributed by atoms with E-state index in [9.17, 15) is 4.79 Å². The Kier molecular flexibility index (Phi) is 1.35. The average Bonchev–Trinajstić information content (AvgIpc) is 2.14. The van der Waals surface area contributed by atoms with Gasteiger partial charge in [-0.1, -0.05) is 0 Å². The summed E-state index contributed by atoms with van der Waals surface area (Å²) in [5.41, 5.74) is 5.19. The number of carboxylic acids is 1. The summed E-state index contributed by atoms with van der Waals surface area (Å²) < 4.78 is 4.55. The minimum atomic E-state index is -1.16. The van der Waals surface area contributed by atoms with Crippen molar-refractivity contribution in [3.8, 4) is 0 Å². The molecule has 0 bridgehead atoms. The number of hydrogen-bond donors (Lipinski definition) is 2. The van der Waals surface area contributed by atoms with E-state index in [1.54, 1.807) is 0 Å². The van der Waals surface area contributed by atoms with Gasteiger partial charge in [0, 0.05) is 0 Å². The average molecular weight is 130 g/mol. The van der Waals surface area contributed by atoms with E-state index in [0.717, 1.165) is 0 Å². The normalized spacial score (nSPS) is 25.0. The van der Waals surface area contributed by atoms with Gasteiger partial charge in [0.1, 0.15) is 12.8 Å². The van der Waals surface area contributed by atoms with Crippen LogP contribution in [0.2, 0.25) is 0 Å². The van der Waals surface area contributed by atoms with Crippen LogP contribution in [-0.4, -0.2) is 29.7 Å². The quantitative estimate of drug-likeness (QED) is 0.466. The van der Waals surface area contributed by atoms with Crippen LogP contribution < -0.4 is 5.73 Å². The van der Waals surface area contributed by atoms with Crippen LogP contribution >= 0.6 is 0 Å². The van der Waals surface area contributed by atoms with E-state index in [1.165, 1.54) is 0 Å². The van der Waals surface area contributed by atoms with Gasteiger partial charge in [-0.2, -0.15) is 0 Å². The monoisotopic (exact) mass is 130 g/mol. The zero-order chi connectivity index (χ0) is 6.85. The fraction of sp³-hybridized carbons (Fsp3) is 0.500. The standard InChI is InChI=1S/C4H6N2O3/c5-2-1-9-3(6-2)4(7)8/h2H,1,5H2,(H,7,8). The van der Waals surface area contributed by atoms with Crippen molar-refractivity contribution in [2.45, 2.75) is 6.17 Å². The lowest BCUT2D eigenvalue weighted by atomic mass is 10.6. The first kappa shape index (κ1) is 6.03. The minimum Gasteiger partial charge on any atom is -0.474 e. The van der Waals surface area contributed by atoms with Crippen LogP contribution in [0.15, 0.2) is 4.99 Å².